The molecule has 1 aromatic carbocycles. The maximum Gasteiger partial charge on any atom is 0.309 e. The van der Waals surface area contributed by atoms with Gasteiger partial charge in [0.1, 0.15) is 11.9 Å². The monoisotopic (exact) mass is 265 g/mol. The van der Waals surface area contributed by atoms with E-state index in [2.05, 4.69) is 5.32 Å². The molecular weight excluding hydrogens is 245 g/mol. The molecule has 3 nitrogen and oxygen atoms in total. The van der Waals surface area contributed by atoms with Crippen LogP contribution in [0, 0.1) is 11.7 Å². The van der Waals surface area contributed by atoms with Gasteiger partial charge in [0, 0.05) is 13.1 Å². The molecule has 104 valence electrons. The van der Waals surface area contributed by atoms with Crippen LogP contribution < -0.4 is 5.32 Å². The van der Waals surface area contributed by atoms with Crippen LogP contribution in [0.25, 0.3) is 0 Å². The van der Waals surface area contributed by atoms with Crippen LogP contribution in [0.2, 0.25) is 0 Å². The molecule has 1 aliphatic carbocycles. The number of ether oxygens (including phenoxy) is 1. The quantitative estimate of drug-likeness (QED) is 0.804. The molecule has 0 spiro atoms. The summed E-state index contributed by atoms with van der Waals surface area (Å²) in [5.74, 6) is -0.194. The Morgan fingerprint density at radius 1 is 1.53 bits per heavy atom. The van der Waals surface area contributed by atoms with Crippen LogP contribution in [0.15, 0.2) is 24.3 Å². The van der Waals surface area contributed by atoms with Crippen molar-refractivity contribution in [2.75, 3.05) is 6.54 Å². The van der Waals surface area contributed by atoms with E-state index < -0.39 is 0 Å². The first-order chi connectivity index (χ1) is 9.15. The Morgan fingerprint density at radius 3 is 2.95 bits per heavy atom. The smallest absolute Gasteiger partial charge is 0.309 e. The van der Waals surface area contributed by atoms with Gasteiger partial charge in [0.2, 0.25) is 0 Å². The van der Waals surface area contributed by atoms with E-state index in [1.54, 1.807) is 6.07 Å². The van der Waals surface area contributed by atoms with E-state index in [0.29, 0.717) is 13.1 Å². The number of carbonyl (C=O) groups is 1. The third kappa shape index (κ3) is 4.31. The number of nitrogens with one attached hydrogen (secondary N) is 1. The molecule has 4 heteroatoms. The molecule has 1 unspecified atom stereocenters. The second kappa shape index (κ2) is 6.66. The van der Waals surface area contributed by atoms with Crippen LogP contribution in [-0.2, 0) is 16.1 Å². The van der Waals surface area contributed by atoms with Crippen molar-refractivity contribution in [3.8, 4) is 0 Å². The predicted octanol–water partition coefficient (Wildman–Crippen LogP) is 2.65. The van der Waals surface area contributed by atoms with Crippen molar-refractivity contribution in [3.05, 3.63) is 35.6 Å². The van der Waals surface area contributed by atoms with Crippen LogP contribution in [0.4, 0.5) is 4.39 Å². The highest BCUT2D eigenvalue weighted by Gasteiger charge is 2.27. The van der Waals surface area contributed by atoms with E-state index in [1.165, 1.54) is 12.1 Å². The molecule has 1 aromatic rings. The predicted molar refractivity (Wildman–Crippen MR) is 71.0 cm³/mol. The number of benzene rings is 1. The maximum atomic E-state index is 13.0. The van der Waals surface area contributed by atoms with Crippen molar-refractivity contribution in [2.45, 2.75) is 38.8 Å². The van der Waals surface area contributed by atoms with Crippen LogP contribution in [0.3, 0.4) is 0 Å². The van der Waals surface area contributed by atoms with Crippen molar-refractivity contribution < 1.29 is 13.9 Å². The van der Waals surface area contributed by atoms with Crippen LogP contribution in [0.5, 0.6) is 0 Å². The fourth-order valence-corrected chi connectivity index (χ4v) is 2.05. The highest BCUT2D eigenvalue weighted by Crippen LogP contribution is 2.27. The van der Waals surface area contributed by atoms with Crippen molar-refractivity contribution in [3.63, 3.8) is 0 Å². The Labute approximate surface area is 113 Å². The molecule has 1 fully saturated rings. The summed E-state index contributed by atoms with van der Waals surface area (Å²) in [6.07, 6.45) is 2.90. The van der Waals surface area contributed by atoms with Crippen LogP contribution >= 0.6 is 0 Å². The molecule has 0 aromatic heterocycles. The first-order valence-electron chi connectivity index (χ1n) is 6.81. The van der Waals surface area contributed by atoms with Crippen molar-refractivity contribution in [2.24, 2.45) is 5.92 Å². The molecule has 0 saturated heterocycles. The lowest BCUT2D eigenvalue weighted by Gasteiger charge is -2.25. The average Bonchev–Trinajstić information content (AvgIpc) is 2.26. The molecule has 2 rings (SSSR count). The largest absolute Gasteiger partial charge is 0.461 e. The van der Waals surface area contributed by atoms with Gasteiger partial charge in [-0.05, 0) is 37.5 Å². The summed E-state index contributed by atoms with van der Waals surface area (Å²) in [6.45, 7) is 3.02. The van der Waals surface area contributed by atoms with Gasteiger partial charge in [0.05, 0.1) is 5.92 Å². The van der Waals surface area contributed by atoms with Gasteiger partial charge in [-0.1, -0.05) is 18.6 Å². The van der Waals surface area contributed by atoms with Crippen molar-refractivity contribution in [1.82, 2.24) is 5.32 Å². The third-order valence-electron chi connectivity index (χ3n) is 3.41. The lowest BCUT2D eigenvalue weighted by molar-refractivity contribution is -0.155. The Morgan fingerprint density at radius 2 is 2.32 bits per heavy atom. The molecule has 1 aliphatic rings. The molecular formula is C15H20FNO2. The second-order valence-corrected chi connectivity index (χ2v) is 5.14. The zero-order chi connectivity index (χ0) is 13.7. The highest BCUT2D eigenvalue weighted by atomic mass is 19.1. The summed E-state index contributed by atoms with van der Waals surface area (Å²) in [4.78, 5) is 11.6. The fraction of sp³-hybridized carbons (Fsp3) is 0.533. The summed E-state index contributed by atoms with van der Waals surface area (Å²) in [5.41, 5.74) is 0.887. The molecule has 19 heavy (non-hydrogen) atoms. The van der Waals surface area contributed by atoms with Crippen molar-refractivity contribution >= 4 is 5.97 Å². The molecule has 1 N–H and O–H groups in total. The number of rotatable bonds is 6. The summed E-state index contributed by atoms with van der Waals surface area (Å²) in [5, 5.41) is 3.17. The number of carbonyl (C=O) groups excluding carboxylic acids is 1. The lowest BCUT2D eigenvalue weighted by Crippen LogP contribution is -2.32. The van der Waals surface area contributed by atoms with Gasteiger partial charge in [-0.2, -0.15) is 0 Å². The molecule has 0 radical (unpaired) electrons. The van der Waals surface area contributed by atoms with Gasteiger partial charge in [-0.25, -0.2) is 4.39 Å². The van der Waals surface area contributed by atoms with Gasteiger partial charge < -0.3 is 10.1 Å². The Kier molecular flexibility index (Phi) is 4.91. The van der Waals surface area contributed by atoms with Crippen LogP contribution in [-0.4, -0.2) is 18.6 Å². The minimum absolute atomic E-state index is 0.0775. The number of hydrogen-bond donors (Lipinski definition) is 1. The second-order valence-electron chi connectivity index (χ2n) is 5.14. The number of esters is 1. The normalized spacial score (nSPS) is 16.7. The summed E-state index contributed by atoms with van der Waals surface area (Å²) in [7, 11) is 0. The molecule has 0 heterocycles. The van der Waals surface area contributed by atoms with Gasteiger partial charge in [-0.15, -0.1) is 0 Å². The third-order valence-corrected chi connectivity index (χ3v) is 3.41. The molecule has 1 atom stereocenters. The fourth-order valence-electron chi connectivity index (χ4n) is 2.05. The summed E-state index contributed by atoms with van der Waals surface area (Å²) in [6, 6.07) is 6.47. The van der Waals surface area contributed by atoms with E-state index in [1.807, 2.05) is 13.0 Å². The molecule has 1 saturated carbocycles. The van der Waals surface area contributed by atoms with Crippen molar-refractivity contribution in [1.29, 1.82) is 0 Å². The van der Waals surface area contributed by atoms with E-state index in [9.17, 15) is 9.18 Å². The zero-order valence-electron chi connectivity index (χ0n) is 11.2. The van der Waals surface area contributed by atoms with Gasteiger partial charge >= 0.3 is 5.97 Å². The zero-order valence-corrected chi connectivity index (χ0v) is 11.2. The molecule has 0 amide bonds. The molecule has 0 bridgehead atoms. The van der Waals surface area contributed by atoms with Gasteiger partial charge in [0.15, 0.2) is 0 Å². The first-order valence-corrected chi connectivity index (χ1v) is 6.81. The van der Waals surface area contributed by atoms with E-state index >= 15 is 0 Å². The van der Waals surface area contributed by atoms with E-state index in [0.717, 1.165) is 24.8 Å². The first kappa shape index (κ1) is 14.0. The van der Waals surface area contributed by atoms with E-state index in [4.69, 9.17) is 4.74 Å². The minimum Gasteiger partial charge on any atom is -0.461 e. The van der Waals surface area contributed by atoms with Gasteiger partial charge in [-0.3, -0.25) is 4.79 Å². The Balaban J connectivity index is 1.66. The summed E-state index contributed by atoms with van der Waals surface area (Å²) >= 11 is 0. The van der Waals surface area contributed by atoms with Gasteiger partial charge in [0.25, 0.3) is 0 Å². The Hall–Kier alpha value is -1.42. The number of hydrogen-bond acceptors (Lipinski definition) is 3. The number of halogens is 1. The standard InChI is InChI=1S/C15H20FNO2/c1-11(19-15(18)13-5-3-6-13)9-17-10-12-4-2-7-14(16)8-12/h2,4,7-8,11,13,17H,3,5-6,9-10H2,1H3. The summed E-state index contributed by atoms with van der Waals surface area (Å²) < 4.78 is 18.3. The van der Waals surface area contributed by atoms with Crippen LogP contribution in [0.1, 0.15) is 31.7 Å². The molecule has 0 aliphatic heterocycles. The average molecular weight is 265 g/mol. The topological polar surface area (TPSA) is 38.3 Å². The minimum atomic E-state index is -0.233. The van der Waals surface area contributed by atoms with E-state index in [-0.39, 0.29) is 23.8 Å². The Bertz CT molecular complexity index is 432. The maximum absolute atomic E-state index is 13.0. The highest BCUT2D eigenvalue weighted by molar-refractivity contribution is 5.73. The lowest BCUT2D eigenvalue weighted by atomic mass is 9.86. The SMILES string of the molecule is CC(CNCc1cccc(F)c1)OC(=O)C1CCC1.